The number of benzene rings is 1. The van der Waals surface area contributed by atoms with Crippen LogP contribution in [0.4, 0.5) is 0 Å². The van der Waals surface area contributed by atoms with E-state index in [2.05, 4.69) is 49.8 Å². The van der Waals surface area contributed by atoms with Crippen LogP contribution in [0.1, 0.15) is 45.4 Å². The van der Waals surface area contributed by atoms with Gasteiger partial charge in [0, 0.05) is 36.8 Å². The van der Waals surface area contributed by atoms with Crippen LogP contribution < -0.4 is 0 Å². The molecule has 1 unspecified atom stereocenters. The van der Waals surface area contributed by atoms with Gasteiger partial charge in [0.2, 0.25) is 5.91 Å². The molecule has 29 heavy (non-hydrogen) atoms. The Labute approximate surface area is 171 Å². The van der Waals surface area contributed by atoms with Gasteiger partial charge in [-0.05, 0) is 49.8 Å². The molecule has 0 radical (unpaired) electrons. The first-order chi connectivity index (χ1) is 14.2. The summed E-state index contributed by atoms with van der Waals surface area (Å²) < 4.78 is 2.25. The van der Waals surface area contributed by atoms with E-state index in [-0.39, 0.29) is 5.92 Å². The zero-order valence-electron chi connectivity index (χ0n) is 17.1. The van der Waals surface area contributed by atoms with Crippen molar-refractivity contribution in [2.24, 2.45) is 11.8 Å². The number of carbonyl (C=O) groups is 1. The number of amides is 1. The number of carbonyl (C=O) groups excluding carboxylic acids is 1. The van der Waals surface area contributed by atoms with Crippen molar-refractivity contribution in [1.29, 1.82) is 0 Å². The first kappa shape index (κ1) is 18.4. The van der Waals surface area contributed by atoms with Crippen LogP contribution >= 0.6 is 0 Å². The molecule has 6 nitrogen and oxygen atoms in total. The fourth-order valence-corrected chi connectivity index (χ4v) is 5.24. The molecule has 1 amide bonds. The van der Waals surface area contributed by atoms with Gasteiger partial charge in [0.15, 0.2) is 0 Å². The van der Waals surface area contributed by atoms with E-state index in [9.17, 15) is 4.79 Å². The Morgan fingerprint density at radius 1 is 1.21 bits per heavy atom. The van der Waals surface area contributed by atoms with Crippen LogP contribution in [0.2, 0.25) is 0 Å². The number of aromatic nitrogens is 4. The number of imidazole rings is 1. The van der Waals surface area contributed by atoms with Gasteiger partial charge < -0.3 is 9.47 Å². The molecule has 0 bridgehead atoms. The van der Waals surface area contributed by atoms with Gasteiger partial charge in [-0.25, -0.2) is 4.98 Å². The second kappa shape index (κ2) is 7.65. The third-order valence-electron chi connectivity index (χ3n) is 6.81. The standard InChI is InChI=1S/C23H29N5O/c1-16-9-17(14-28(16)23(29)18-5-3-2-4-6-18)13-27-15-24-21-10-19(7-8-22(21)27)20-11-25-26-12-20/h7-8,10-12,15-18H,2-6,9,13-14H2,1H3,(H,25,26)/t16-,17?/m1/s1. The maximum absolute atomic E-state index is 13.0. The van der Waals surface area contributed by atoms with Gasteiger partial charge in [0.1, 0.15) is 0 Å². The Bertz CT molecular complexity index is 986. The molecule has 2 atom stereocenters. The Morgan fingerprint density at radius 2 is 2.07 bits per heavy atom. The number of nitrogens with one attached hydrogen (secondary N) is 1. The van der Waals surface area contributed by atoms with Crippen LogP contribution in [0, 0.1) is 11.8 Å². The van der Waals surface area contributed by atoms with Gasteiger partial charge >= 0.3 is 0 Å². The summed E-state index contributed by atoms with van der Waals surface area (Å²) in [6, 6.07) is 6.74. The monoisotopic (exact) mass is 391 g/mol. The largest absolute Gasteiger partial charge is 0.339 e. The van der Waals surface area contributed by atoms with Gasteiger partial charge in [-0.1, -0.05) is 25.3 Å². The summed E-state index contributed by atoms with van der Waals surface area (Å²) in [5.41, 5.74) is 4.35. The van der Waals surface area contributed by atoms with Crippen LogP contribution in [0.15, 0.2) is 36.9 Å². The van der Waals surface area contributed by atoms with Crippen molar-refractivity contribution in [2.45, 2.75) is 58.0 Å². The number of hydrogen-bond acceptors (Lipinski definition) is 3. The third kappa shape index (κ3) is 3.56. The summed E-state index contributed by atoms with van der Waals surface area (Å²) in [6.07, 6.45) is 12.6. The van der Waals surface area contributed by atoms with Crippen molar-refractivity contribution in [2.75, 3.05) is 6.54 Å². The van der Waals surface area contributed by atoms with Crippen molar-refractivity contribution < 1.29 is 4.79 Å². The SMILES string of the molecule is C[C@@H]1CC(Cn2cnc3cc(-c4cn[nH]c4)ccc32)CN1C(=O)C1CCCCC1. The van der Waals surface area contributed by atoms with E-state index in [1.54, 1.807) is 0 Å². The molecular weight excluding hydrogens is 362 g/mol. The van der Waals surface area contributed by atoms with Crippen molar-refractivity contribution in [3.05, 3.63) is 36.9 Å². The van der Waals surface area contributed by atoms with E-state index in [4.69, 9.17) is 0 Å². The quantitative estimate of drug-likeness (QED) is 0.723. The fourth-order valence-electron chi connectivity index (χ4n) is 5.24. The van der Waals surface area contributed by atoms with Crippen LogP contribution in [-0.4, -0.2) is 43.1 Å². The molecule has 2 aliphatic rings. The molecule has 5 rings (SSSR count). The number of hydrogen-bond donors (Lipinski definition) is 1. The molecular formula is C23H29N5O. The number of aromatic amines is 1. The first-order valence-electron chi connectivity index (χ1n) is 10.9. The molecule has 6 heteroatoms. The molecule has 1 aliphatic heterocycles. The maximum atomic E-state index is 13.0. The summed E-state index contributed by atoms with van der Waals surface area (Å²) in [5.74, 6) is 1.16. The molecule has 1 saturated carbocycles. The fraction of sp³-hybridized carbons (Fsp3) is 0.522. The minimum Gasteiger partial charge on any atom is -0.339 e. The summed E-state index contributed by atoms with van der Waals surface area (Å²) in [4.78, 5) is 19.8. The van der Waals surface area contributed by atoms with Crippen LogP contribution in [0.3, 0.4) is 0 Å². The zero-order chi connectivity index (χ0) is 19.8. The van der Waals surface area contributed by atoms with Crippen LogP contribution in [0.5, 0.6) is 0 Å². The molecule has 2 aromatic heterocycles. The lowest BCUT2D eigenvalue weighted by Crippen LogP contribution is -2.39. The van der Waals surface area contributed by atoms with Crippen molar-refractivity contribution in [3.63, 3.8) is 0 Å². The average Bonchev–Trinajstić information content (AvgIpc) is 3.49. The normalized spacial score (nSPS) is 23.1. The van der Waals surface area contributed by atoms with Gasteiger partial charge in [0.25, 0.3) is 0 Å². The lowest BCUT2D eigenvalue weighted by Gasteiger charge is -2.29. The zero-order valence-corrected chi connectivity index (χ0v) is 17.1. The van der Waals surface area contributed by atoms with Gasteiger partial charge in [-0.2, -0.15) is 5.10 Å². The van der Waals surface area contributed by atoms with Gasteiger partial charge in [0.05, 0.1) is 23.6 Å². The third-order valence-corrected chi connectivity index (χ3v) is 6.81. The average molecular weight is 392 g/mol. The number of fused-ring (bicyclic) bond motifs is 1. The highest BCUT2D eigenvalue weighted by atomic mass is 16.2. The van der Waals surface area contributed by atoms with E-state index < -0.39 is 0 Å². The molecule has 1 aromatic carbocycles. The van der Waals surface area contributed by atoms with Crippen LogP contribution in [0.25, 0.3) is 22.2 Å². The van der Waals surface area contributed by atoms with Gasteiger partial charge in [-0.3, -0.25) is 9.89 Å². The topological polar surface area (TPSA) is 66.8 Å². The van der Waals surface area contributed by atoms with Crippen molar-refractivity contribution in [1.82, 2.24) is 24.6 Å². The lowest BCUT2D eigenvalue weighted by atomic mass is 9.88. The summed E-state index contributed by atoms with van der Waals surface area (Å²) in [6.45, 7) is 4.01. The summed E-state index contributed by atoms with van der Waals surface area (Å²) in [7, 11) is 0. The van der Waals surface area contributed by atoms with E-state index >= 15 is 0 Å². The van der Waals surface area contributed by atoms with Crippen molar-refractivity contribution in [3.8, 4) is 11.1 Å². The predicted octanol–water partition coefficient (Wildman–Crippen LogP) is 4.24. The Kier molecular flexibility index (Phi) is 4.86. The van der Waals surface area contributed by atoms with E-state index in [1.807, 2.05) is 18.7 Å². The molecule has 3 aromatic rings. The smallest absolute Gasteiger partial charge is 0.225 e. The summed E-state index contributed by atoms with van der Waals surface area (Å²) >= 11 is 0. The molecule has 152 valence electrons. The number of nitrogens with zero attached hydrogens (tertiary/aromatic N) is 4. The Balaban J connectivity index is 1.29. The predicted molar refractivity (Wildman–Crippen MR) is 113 cm³/mol. The number of rotatable bonds is 4. The highest BCUT2D eigenvalue weighted by molar-refractivity contribution is 5.82. The highest BCUT2D eigenvalue weighted by Gasteiger charge is 2.36. The Hall–Kier alpha value is -2.63. The van der Waals surface area contributed by atoms with Crippen LogP contribution in [-0.2, 0) is 11.3 Å². The number of H-pyrrole nitrogens is 1. The van der Waals surface area contributed by atoms with Crippen molar-refractivity contribution >= 4 is 16.9 Å². The first-order valence-corrected chi connectivity index (χ1v) is 10.9. The second-order valence-corrected chi connectivity index (χ2v) is 8.86. The highest BCUT2D eigenvalue weighted by Crippen LogP contribution is 2.32. The van der Waals surface area contributed by atoms with E-state index in [0.29, 0.717) is 17.9 Å². The molecule has 3 heterocycles. The van der Waals surface area contributed by atoms with Gasteiger partial charge in [-0.15, -0.1) is 0 Å². The lowest BCUT2D eigenvalue weighted by molar-refractivity contribution is -0.137. The number of likely N-dealkylation sites (tertiary alicyclic amines) is 1. The minimum atomic E-state index is 0.264. The molecule has 1 aliphatic carbocycles. The molecule has 1 N–H and O–H groups in total. The Morgan fingerprint density at radius 3 is 2.86 bits per heavy atom. The van der Waals surface area contributed by atoms with E-state index in [0.717, 1.165) is 54.5 Å². The second-order valence-electron chi connectivity index (χ2n) is 8.86. The molecule has 1 saturated heterocycles. The minimum absolute atomic E-state index is 0.264. The maximum Gasteiger partial charge on any atom is 0.225 e. The molecule has 2 fully saturated rings. The summed E-state index contributed by atoms with van der Waals surface area (Å²) in [5, 5.41) is 6.89. The molecule has 0 spiro atoms. The van der Waals surface area contributed by atoms with E-state index in [1.165, 1.54) is 19.3 Å².